The molecule has 1 aliphatic heterocycles. The highest BCUT2D eigenvalue weighted by Gasteiger charge is 2.32. The number of ether oxygens (including phenoxy) is 2. The second-order valence-electron chi connectivity index (χ2n) is 9.32. The Morgan fingerprint density at radius 2 is 2.00 bits per heavy atom. The smallest absolute Gasteiger partial charge is 0.410 e. The van der Waals surface area contributed by atoms with Gasteiger partial charge in [0.05, 0.1) is 19.7 Å². The number of hydrogen-bond acceptors (Lipinski definition) is 6. The topological polar surface area (TPSA) is 93.7 Å². The van der Waals surface area contributed by atoms with E-state index in [0.717, 1.165) is 17.7 Å². The highest BCUT2D eigenvalue weighted by atomic mass is 35.5. The van der Waals surface area contributed by atoms with Crippen LogP contribution in [0.4, 0.5) is 10.6 Å². The molecular formula is C24H31ClN4O4. The number of carbonyl (C=O) groups is 2. The molecule has 0 radical (unpaired) electrons. The van der Waals surface area contributed by atoms with Crippen molar-refractivity contribution in [1.29, 1.82) is 0 Å². The zero-order chi connectivity index (χ0) is 24.2. The summed E-state index contributed by atoms with van der Waals surface area (Å²) in [6.07, 6.45) is 3.89. The van der Waals surface area contributed by atoms with Crippen LogP contribution in [0.1, 0.15) is 51.3 Å². The van der Waals surface area contributed by atoms with Crippen LogP contribution in [0, 0.1) is 5.92 Å². The summed E-state index contributed by atoms with van der Waals surface area (Å²) in [6.45, 7) is 8.99. The van der Waals surface area contributed by atoms with Crippen LogP contribution in [0.25, 0.3) is 0 Å². The summed E-state index contributed by atoms with van der Waals surface area (Å²) in [5.41, 5.74) is 1.27. The minimum Gasteiger partial charge on any atom is -0.495 e. The molecule has 9 heteroatoms. The number of amides is 2. The zero-order valence-corrected chi connectivity index (χ0v) is 20.5. The van der Waals surface area contributed by atoms with Crippen molar-refractivity contribution in [3.63, 3.8) is 0 Å². The normalized spacial score (nSPS) is 18.5. The van der Waals surface area contributed by atoms with Crippen LogP contribution in [0.15, 0.2) is 30.6 Å². The molecule has 0 aliphatic carbocycles. The van der Waals surface area contributed by atoms with E-state index in [9.17, 15) is 9.59 Å². The molecule has 3 heterocycles. The van der Waals surface area contributed by atoms with Gasteiger partial charge in [-0.1, -0.05) is 24.6 Å². The number of rotatable bonds is 5. The van der Waals surface area contributed by atoms with Crippen molar-refractivity contribution in [2.75, 3.05) is 25.5 Å². The van der Waals surface area contributed by atoms with Crippen LogP contribution in [0.5, 0.6) is 5.75 Å². The fraction of sp³-hybridized carbons (Fsp3) is 0.500. The number of aromatic nitrogens is 2. The Morgan fingerprint density at radius 3 is 2.61 bits per heavy atom. The molecule has 0 bridgehead atoms. The first-order valence-electron chi connectivity index (χ1n) is 11.0. The molecule has 2 amide bonds. The minimum atomic E-state index is -0.503. The number of methoxy groups -OCH3 is 1. The van der Waals surface area contributed by atoms with Gasteiger partial charge in [0.2, 0.25) is 5.91 Å². The summed E-state index contributed by atoms with van der Waals surface area (Å²) in [5.74, 6) is 1.10. The number of pyridine rings is 2. The van der Waals surface area contributed by atoms with Crippen molar-refractivity contribution in [2.45, 2.75) is 52.1 Å². The summed E-state index contributed by atoms with van der Waals surface area (Å²) < 4.78 is 10.6. The molecule has 0 spiro atoms. The molecule has 0 aromatic carbocycles. The Morgan fingerprint density at radius 1 is 1.24 bits per heavy atom. The van der Waals surface area contributed by atoms with Crippen molar-refractivity contribution >= 4 is 29.4 Å². The molecule has 2 unspecified atom stereocenters. The van der Waals surface area contributed by atoms with Gasteiger partial charge >= 0.3 is 6.09 Å². The third-order valence-electron chi connectivity index (χ3n) is 5.46. The van der Waals surface area contributed by atoms with E-state index in [0.29, 0.717) is 29.7 Å². The minimum absolute atomic E-state index is 0.173. The molecule has 33 heavy (non-hydrogen) atoms. The van der Waals surface area contributed by atoms with Gasteiger partial charge in [-0.15, -0.1) is 0 Å². The van der Waals surface area contributed by atoms with Crippen LogP contribution in [0.3, 0.4) is 0 Å². The van der Waals surface area contributed by atoms with E-state index in [4.69, 9.17) is 21.1 Å². The maximum atomic E-state index is 12.4. The Kier molecular flexibility index (Phi) is 7.79. The molecule has 1 N–H and O–H groups in total. The first-order valence-corrected chi connectivity index (χ1v) is 11.4. The Labute approximate surface area is 199 Å². The molecule has 3 rings (SSSR count). The predicted octanol–water partition coefficient (Wildman–Crippen LogP) is 4.68. The van der Waals surface area contributed by atoms with Gasteiger partial charge in [0.25, 0.3) is 0 Å². The molecule has 8 nitrogen and oxygen atoms in total. The molecule has 2 aromatic heterocycles. The number of nitrogens with one attached hydrogen (secondary N) is 1. The summed E-state index contributed by atoms with van der Waals surface area (Å²) in [4.78, 5) is 35.2. The molecule has 0 saturated carbocycles. The largest absolute Gasteiger partial charge is 0.495 e. The average molecular weight is 475 g/mol. The average Bonchev–Trinajstić information content (AvgIpc) is 2.74. The summed E-state index contributed by atoms with van der Waals surface area (Å²) in [5, 5.41) is 3.12. The molecule has 178 valence electrons. The van der Waals surface area contributed by atoms with Crippen LogP contribution in [-0.2, 0) is 16.0 Å². The molecule has 1 fully saturated rings. The first kappa shape index (κ1) is 24.8. The predicted molar refractivity (Wildman–Crippen MR) is 127 cm³/mol. The lowest BCUT2D eigenvalue weighted by molar-refractivity contribution is -0.115. The van der Waals surface area contributed by atoms with Gasteiger partial charge in [0, 0.05) is 37.0 Å². The van der Waals surface area contributed by atoms with Gasteiger partial charge in [0.1, 0.15) is 22.2 Å². The number of likely N-dealkylation sites (tertiary alicyclic amines) is 1. The molecule has 1 saturated heterocycles. The highest BCUT2D eigenvalue weighted by molar-refractivity contribution is 6.32. The molecule has 1 aliphatic rings. The van der Waals surface area contributed by atoms with Crippen molar-refractivity contribution in [3.8, 4) is 5.75 Å². The Bertz CT molecular complexity index is 991. The first-order chi connectivity index (χ1) is 15.6. The maximum absolute atomic E-state index is 12.4. The van der Waals surface area contributed by atoms with E-state index in [1.165, 1.54) is 13.3 Å². The van der Waals surface area contributed by atoms with Crippen molar-refractivity contribution in [3.05, 3.63) is 46.9 Å². The van der Waals surface area contributed by atoms with E-state index in [2.05, 4.69) is 22.2 Å². The number of piperidine rings is 1. The van der Waals surface area contributed by atoms with E-state index >= 15 is 0 Å². The second kappa shape index (κ2) is 10.4. The van der Waals surface area contributed by atoms with Crippen molar-refractivity contribution < 1.29 is 19.1 Å². The maximum Gasteiger partial charge on any atom is 0.410 e. The zero-order valence-electron chi connectivity index (χ0n) is 19.7. The van der Waals surface area contributed by atoms with Crippen LogP contribution < -0.4 is 10.1 Å². The van der Waals surface area contributed by atoms with Gasteiger partial charge in [0.15, 0.2) is 0 Å². The number of carbonyl (C=O) groups excluding carboxylic acids is 2. The van der Waals surface area contributed by atoms with Gasteiger partial charge < -0.3 is 19.7 Å². The number of halogens is 1. The van der Waals surface area contributed by atoms with Crippen LogP contribution >= 0.6 is 11.6 Å². The van der Waals surface area contributed by atoms with Gasteiger partial charge in [-0.05, 0) is 44.7 Å². The van der Waals surface area contributed by atoms with Crippen LogP contribution in [0.2, 0.25) is 5.02 Å². The quantitative estimate of drug-likeness (QED) is 0.676. The van der Waals surface area contributed by atoms with Gasteiger partial charge in [-0.2, -0.15) is 0 Å². The standard InChI is InChI=1S/C24H31ClN4O4/c1-15-14-29(23(31)33-24(2,3)4)9-8-17(15)19-7-6-16(12-26-19)10-22(30)28-21-11-20(32-5)18(25)13-27-21/h6-7,11-13,15,17H,8-10,14H2,1-5H3,(H,27,28,30). The lowest BCUT2D eigenvalue weighted by Gasteiger charge is -2.37. The van der Waals surface area contributed by atoms with Crippen molar-refractivity contribution in [2.24, 2.45) is 5.92 Å². The SMILES string of the molecule is COc1cc(NC(=O)Cc2ccc(C3CCN(C(=O)OC(C)(C)C)CC3C)nc2)ncc1Cl. The van der Waals surface area contributed by atoms with E-state index in [1.807, 2.05) is 32.9 Å². The molecule has 2 atom stereocenters. The number of hydrogen-bond donors (Lipinski definition) is 1. The lowest BCUT2D eigenvalue weighted by Crippen LogP contribution is -2.44. The van der Waals surface area contributed by atoms with Crippen molar-refractivity contribution in [1.82, 2.24) is 14.9 Å². The Balaban J connectivity index is 1.56. The van der Waals surface area contributed by atoms with Crippen LogP contribution in [-0.4, -0.2) is 52.7 Å². The highest BCUT2D eigenvalue weighted by Crippen LogP contribution is 2.32. The van der Waals surface area contributed by atoms with E-state index < -0.39 is 5.60 Å². The number of anilines is 1. The number of nitrogens with zero attached hydrogens (tertiary/aromatic N) is 3. The summed E-state index contributed by atoms with van der Waals surface area (Å²) in [6, 6.07) is 5.47. The van der Waals surface area contributed by atoms with Gasteiger partial charge in [-0.3, -0.25) is 9.78 Å². The fourth-order valence-electron chi connectivity index (χ4n) is 3.85. The summed E-state index contributed by atoms with van der Waals surface area (Å²) >= 11 is 5.97. The monoisotopic (exact) mass is 474 g/mol. The lowest BCUT2D eigenvalue weighted by atomic mass is 9.84. The third-order valence-corrected chi connectivity index (χ3v) is 5.74. The third kappa shape index (κ3) is 6.81. The van der Waals surface area contributed by atoms with Gasteiger partial charge in [-0.25, -0.2) is 9.78 Å². The molecule has 2 aromatic rings. The van der Waals surface area contributed by atoms with E-state index in [1.54, 1.807) is 17.2 Å². The van der Waals surface area contributed by atoms with E-state index in [-0.39, 0.29) is 30.3 Å². The summed E-state index contributed by atoms with van der Waals surface area (Å²) in [7, 11) is 1.50. The Hall–Kier alpha value is -2.87. The molecular weight excluding hydrogens is 444 g/mol. The fourth-order valence-corrected chi connectivity index (χ4v) is 4.04. The second-order valence-corrected chi connectivity index (χ2v) is 9.73.